The number of aryl methyl sites for hydroxylation is 1. The molecule has 0 bridgehead atoms. The predicted molar refractivity (Wildman–Crippen MR) is 63.1 cm³/mol. The molecular weight excluding hydrogens is 204 g/mol. The number of carbonyl (C=O) groups excluding carboxylic acids is 1. The van der Waals surface area contributed by atoms with Crippen LogP contribution in [-0.2, 0) is 6.42 Å². The molecule has 0 saturated heterocycles. The van der Waals surface area contributed by atoms with Gasteiger partial charge in [0, 0.05) is 12.6 Å². The molecule has 0 aliphatic rings. The molecule has 5 nitrogen and oxygen atoms in total. The molecule has 0 saturated carbocycles. The van der Waals surface area contributed by atoms with Crippen molar-refractivity contribution in [2.45, 2.75) is 27.2 Å². The van der Waals surface area contributed by atoms with Crippen molar-refractivity contribution in [1.82, 2.24) is 15.0 Å². The van der Waals surface area contributed by atoms with Gasteiger partial charge in [-0.15, -0.1) is 0 Å². The molecule has 2 rings (SSSR count). The van der Waals surface area contributed by atoms with Gasteiger partial charge in [0.25, 0.3) is 5.91 Å². The Labute approximate surface area is 94.1 Å². The van der Waals surface area contributed by atoms with E-state index in [0.717, 1.165) is 5.52 Å². The van der Waals surface area contributed by atoms with Crippen LogP contribution < -0.4 is 5.73 Å². The minimum Gasteiger partial charge on any atom is -0.364 e. The summed E-state index contributed by atoms with van der Waals surface area (Å²) in [6, 6.07) is 1.79. The van der Waals surface area contributed by atoms with Crippen molar-refractivity contribution < 1.29 is 4.79 Å². The van der Waals surface area contributed by atoms with Gasteiger partial charge in [-0.1, -0.05) is 20.8 Å². The normalized spacial score (nSPS) is 9.69. The molecule has 0 unspecified atom stereocenters. The lowest BCUT2D eigenvalue weighted by Crippen LogP contribution is -2.15. The van der Waals surface area contributed by atoms with Crippen LogP contribution in [0.15, 0.2) is 12.3 Å². The third-order valence-corrected chi connectivity index (χ3v) is 2.00. The number of hydrogen-bond donors (Lipinski definition) is 2. The minimum atomic E-state index is -0.533. The standard InChI is InChI=1S/C9H10N4O.C2H6/c1-2-6-12-5-3-4-11-7(5)8(13-6)9(10)14;1-2/h3-4,11H,2H2,1H3,(H2,10,14);1-2H3. The molecule has 86 valence electrons. The number of nitrogens with one attached hydrogen (secondary N) is 1. The maximum atomic E-state index is 11.1. The Morgan fingerprint density at radius 3 is 2.69 bits per heavy atom. The molecule has 0 fully saturated rings. The van der Waals surface area contributed by atoms with E-state index in [1.165, 1.54) is 0 Å². The fraction of sp³-hybridized carbons (Fsp3) is 0.364. The lowest BCUT2D eigenvalue weighted by atomic mass is 10.3. The summed E-state index contributed by atoms with van der Waals surface area (Å²) in [6.07, 6.45) is 2.40. The van der Waals surface area contributed by atoms with Crippen LogP contribution in [0.1, 0.15) is 37.1 Å². The van der Waals surface area contributed by atoms with E-state index >= 15 is 0 Å². The van der Waals surface area contributed by atoms with Gasteiger partial charge < -0.3 is 10.7 Å². The topological polar surface area (TPSA) is 84.7 Å². The summed E-state index contributed by atoms with van der Waals surface area (Å²) in [6.45, 7) is 5.93. The maximum Gasteiger partial charge on any atom is 0.269 e. The smallest absolute Gasteiger partial charge is 0.269 e. The zero-order chi connectivity index (χ0) is 12.1. The number of fused-ring (bicyclic) bond motifs is 1. The summed E-state index contributed by atoms with van der Waals surface area (Å²) in [5.74, 6) is 0.0976. The predicted octanol–water partition coefficient (Wildman–Crippen LogP) is 1.65. The molecule has 0 aromatic carbocycles. The number of hydrogen-bond acceptors (Lipinski definition) is 3. The number of carbonyl (C=O) groups is 1. The van der Waals surface area contributed by atoms with Crippen LogP contribution in [-0.4, -0.2) is 20.9 Å². The Morgan fingerprint density at radius 1 is 1.44 bits per heavy atom. The van der Waals surface area contributed by atoms with E-state index in [9.17, 15) is 4.79 Å². The molecule has 16 heavy (non-hydrogen) atoms. The molecule has 0 aliphatic carbocycles. The number of nitrogens with two attached hydrogens (primary N) is 1. The molecule has 0 spiro atoms. The highest BCUT2D eigenvalue weighted by atomic mass is 16.1. The molecule has 2 aromatic rings. The van der Waals surface area contributed by atoms with Crippen LogP contribution in [0.5, 0.6) is 0 Å². The van der Waals surface area contributed by atoms with E-state index in [4.69, 9.17) is 5.73 Å². The van der Waals surface area contributed by atoms with Gasteiger partial charge in [0.2, 0.25) is 0 Å². The SMILES string of the molecule is CC.CCc1nc(C(N)=O)c2[nH]ccc2n1. The fourth-order valence-electron chi connectivity index (χ4n) is 1.33. The van der Waals surface area contributed by atoms with E-state index in [0.29, 0.717) is 17.8 Å². The number of nitrogens with zero attached hydrogens (tertiary/aromatic N) is 2. The first kappa shape index (κ1) is 12.2. The minimum absolute atomic E-state index is 0.261. The average molecular weight is 220 g/mol. The molecule has 5 heteroatoms. The Kier molecular flexibility index (Phi) is 3.99. The Balaban J connectivity index is 0.000000606. The summed E-state index contributed by atoms with van der Waals surface area (Å²) in [7, 11) is 0. The number of primary amides is 1. The number of aromatic amines is 1. The van der Waals surface area contributed by atoms with Crippen LogP contribution >= 0.6 is 0 Å². The van der Waals surface area contributed by atoms with Gasteiger partial charge in [0.15, 0.2) is 5.69 Å². The van der Waals surface area contributed by atoms with Crippen molar-refractivity contribution in [3.8, 4) is 0 Å². The zero-order valence-electron chi connectivity index (χ0n) is 9.74. The molecule has 2 aromatic heterocycles. The third-order valence-electron chi connectivity index (χ3n) is 2.00. The van der Waals surface area contributed by atoms with E-state index in [1.54, 1.807) is 12.3 Å². The van der Waals surface area contributed by atoms with E-state index in [-0.39, 0.29) is 5.69 Å². The molecule has 1 amide bonds. The van der Waals surface area contributed by atoms with Crippen LogP contribution in [0.4, 0.5) is 0 Å². The lowest BCUT2D eigenvalue weighted by molar-refractivity contribution is 0.0997. The van der Waals surface area contributed by atoms with Crippen molar-refractivity contribution in [2.75, 3.05) is 0 Å². The third kappa shape index (κ3) is 2.18. The van der Waals surface area contributed by atoms with E-state index in [2.05, 4.69) is 15.0 Å². The second-order valence-electron chi connectivity index (χ2n) is 2.94. The molecule has 2 heterocycles. The van der Waals surface area contributed by atoms with Gasteiger partial charge >= 0.3 is 0 Å². The fourth-order valence-corrected chi connectivity index (χ4v) is 1.33. The van der Waals surface area contributed by atoms with E-state index in [1.807, 2.05) is 20.8 Å². The van der Waals surface area contributed by atoms with Crippen LogP contribution in [0.2, 0.25) is 0 Å². The Hall–Kier alpha value is -1.91. The lowest BCUT2D eigenvalue weighted by Gasteiger charge is -2.00. The maximum absolute atomic E-state index is 11.1. The molecule has 0 atom stereocenters. The molecule has 3 N–H and O–H groups in total. The van der Waals surface area contributed by atoms with Gasteiger partial charge in [-0.25, -0.2) is 9.97 Å². The highest BCUT2D eigenvalue weighted by molar-refractivity contribution is 6.01. The summed E-state index contributed by atoms with van der Waals surface area (Å²) >= 11 is 0. The van der Waals surface area contributed by atoms with Crippen LogP contribution in [0.25, 0.3) is 11.0 Å². The van der Waals surface area contributed by atoms with Crippen LogP contribution in [0, 0.1) is 0 Å². The first-order chi connectivity index (χ1) is 7.72. The Bertz CT molecular complexity index is 490. The van der Waals surface area contributed by atoms with Gasteiger partial charge in [0.05, 0.1) is 11.0 Å². The van der Waals surface area contributed by atoms with Crippen LogP contribution in [0.3, 0.4) is 0 Å². The highest BCUT2D eigenvalue weighted by Crippen LogP contribution is 2.13. The summed E-state index contributed by atoms with van der Waals surface area (Å²) in [4.78, 5) is 22.3. The van der Waals surface area contributed by atoms with Gasteiger partial charge in [-0.05, 0) is 6.07 Å². The van der Waals surface area contributed by atoms with Crippen molar-refractivity contribution in [3.05, 3.63) is 23.8 Å². The van der Waals surface area contributed by atoms with Gasteiger partial charge in [-0.2, -0.15) is 0 Å². The first-order valence-corrected chi connectivity index (χ1v) is 5.36. The van der Waals surface area contributed by atoms with E-state index < -0.39 is 5.91 Å². The summed E-state index contributed by atoms with van der Waals surface area (Å²) in [5.41, 5.74) is 6.81. The second-order valence-corrected chi connectivity index (χ2v) is 2.94. The summed E-state index contributed by atoms with van der Waals surface area (Å²) < 4.78 is 0. The Morgan fingerprint density at radius 2 is 2.12 bits per heavy atom. The second kappa shape index (κ2) is 5.25. The largest absolute Gasteiger partial charge is 0.364 e. The number of aromatic nitrogens is 3. The molecule has 0 aliphatic heterocycles. The number of H-pyrrole nitrogens is 1. The van der Waals surface area contributed by atoms with Crippen molar-refractivity contribution in [2.24, 2.45) is 5.73 Å². The van der Waals surface area contributed by atoms with Crippen molar-refractivity contribution >= 4 is 16.9 Å². The number of rotatable bonds is 2. The number of amides is 1. The zero-order valence-corrected chi connectivity index (χ0v) is 9.74. The quantitative estimate of drug-likeness (QED) is 0.806. The highest BCUT2D eigenvalue weighted by Gasteiger charge is 2.11. The van der Waals surface area contributed by atoms with Crippen molar-refractivity contribution in [3.63, 3.8) is 0 Å². The van der Waals surface area contributed by atoms with Crippen molar-refractivity contribution in [1.29, 1.82) is 0 Å². The molecular formula is C11H16N4O. The first-order valence-electron chi connectivity index (χ1n) is 5.36. The molecule has 0 radical (unpaired) electrons. The van der Waals surface area contributed by atoms with Gasteiger partial charge in [0.1, 0.15) is 5.82 Å². The average Bonchev–Trinajstić information content (AvgIpc) is 2.77. The monoisotopic (exact) mass is 220 g/mol. The van der Waals surface area contributed by atoms with Gasteiger partial charge in [-0.3, -0.25) is 4.79 Å². The summed E-state index contributed by atoms with van der Waals surface area (Å²) in [5, 5.41) is 0.